The Hall–Kier alpha value is -1.61. The Bertz CT molecular complexity index is 896. The summed E-state index contributed by atoms with van der Waals surface area (Å²) in [4.78, 5) is 11.1. The van der Waals surface area contributed by atoms with Gasteiger partial charge in [-0.25, -0.2) is 0 Å². The maximum Gasteiger partial charge on any atom is 0.307 e. The molecule has 1 fully saturated rings. The zero-order valence-corrected chi connectivity index (χ0v) is 25.6. The van der Waals surface area contributed by atoms with Crippen LogP contribution in [0.25, 0.3) is 0 Å². The number of carboxylic acids is 1. The number of carboxylic acid groups (broad SMARTS) is 1. The zero-order chi connectivity index (χ0) is 28.5. The minimum atomic E-state index is -0.718. The van der Waals surface area contributed by atoms with Crippen LogP contribution in [0.4, 0.5) is 0 Å². The van der Waals surface area contributed by atoms with E-state index in [-0.39, 0.29) is 11.8 Å². The Labute approximate surface area is 239 Å². The molecule has 3 rings (SSSR count). The van der Waals surface area contributed by atoms with Crippen molar-refractivity contribution in [1.82, 2.24) is 0 Å². The maximum absolute atomic E-state index is 11.1. The van der Waals surface area contributed by atoms with E-state index in [9.17, 15) is 9.90 Å². The third-order valence-corrected chi connectivity index (χ3v) is 11.1. The maximum atomic E-state index is 11.1. The van der Waals surface area contributed by atoms with Crippen LogP contribution < -0.4 is 0 Å². The summed E-state index contributed by atoms with van der Waals surface area (Å²) in [6.07, 6.45) is 27.3. The Morgan fingerprint density at radius 2 is 1.90 bits per heavy atom. The molecule has 0 saturated heterocycles. The molecule has 0 aliphatic heterocycles. The van der Waals surface area contributed by atoms with Gasteiger partial charge >= 0.3 is 5.97 Å². The fraction of sp³-hybridized carbons (Fsp3) is 0.750. The number of aliphatic carboxylic acids is 1. The van der Waals surface area contributed by atoms with Crippen molar-refractivity contribution in [3.05, 3.63) is 47.6 Å². The van der Waals surface area contributed by atoms with Gasteiger partial charge in [0.25, 0.3) is 0 Å². The van der Waals surface area contributed by atoms with Crippen LogP contribution in [0.1, 0.15) is 137 Å². The third kappa shape index (κ3) is 8.69. The number of rotatable bonds is 14. The molecule has 4 unspecified atom stereocenters. The quantitative estimate of drug-likeness (QED) is 0.171. The molecule has 0 radical (unpaired) electrons. The van der Waals surface area contributed by atoms with Crippen molar-refractivity contribution in [3.8, 4) is 0 Å². The standard InChI is InChI=1S/C36H58O3/c1-6-12-33(31-15-13-29(14-16-31)26-34(37)38)27(4)19-23-35(7-2,8-3)32-18-17-30(28(5)25-32)20-24-36(39)21-10-9-11-22-36/h6,12-13,25,27-28,30-31,39H,1,7-11,14-24,26H2,2-5H3,(H,37,38)/b33-12+. The van der Waals surface area contributed by atoms with Gasteiger partial charge < -0.3 is 10.2 Å². The van der Waals surface area contributed by atoms with Crippen molar-refractivity contribution < 1.29 is 15.0 Å². The molecule has 39 heavy (non-hydrogen) atoms. The van der Waals surface area contributed by atoms with Crippen LogP contribution in [0.15, 0.2) is 47.6 Å². The summed E-state index contributed by atoms with van der Waals surface area (Å²) in [5, 5.41) is 20.2. The number of hydrogen-bond donors (Lipinski definition) is 2. The zero-order valence-electron chi connectivity index (χ0n) is 25.6. The number of carbonyl (C=O) groups is 1. The average molecular weight is 539 g/mol. The largest absolute Gasteiger partial charge is 0.481 e. The first-order chi connectivity index (χ1) is 18.6. The summed E-state index contributed by atoms with van der Waals surface area (Å²) in [5.41, 5.74) is 4.19. The van der Waals surface area contributed by atoms with Gasteiger partial charge in [-0.2, -0.15) is 0 Å². The van der Waals surface area contributed by atoms with Crippen molar-refractivity contribution >= 4 is 5.97 Å². The van der Waals surface area contributed by atoms with Gasteiger partial charge in [0, 0.05) is 0 Å². The van der Waals surface area contributed by atoms with E-state index in [1.807, 2.05) is 6.08 Å². The second-order valence-corrected chi connectivity index (χ2v) is 13.4. The molecule has 2 N–H and O–H groups in total. The molecule has 1 saturated carbocycles. The second-order valence-electron chi connectivity index (χ2n) is 13.4. The highest BCUT2D eigenvalue weighted by Gasteiger charge is 2.36. The molecule has 3 heteroatoms. The van der Waals surface area contributed by atoms with Crippen LogP contribution in [0.3, 0.4) is 0 Å². The number of aliphatic hydroxyl groups is 1. The normalized spacial score (nSPS) is 26.9. The van der Waals surface area contributed by atoms with Crippen molar-refractivity contribution in [2.75, 3.05) is 0 Å². The lowest BCUT2D eigenvalue weighted by Gasteiger charge is -2.41. The van der Waals surface area contributed by atoms with E-state index in [2.05, 4.69) is 52.5 Å². The smallest absolute Gasteiger partial charge is 0.307 e. The van der Waals surface area contributed by atoms with Gasteiger partial charge in [-0.15, -0.1) is 0 Å². The number of hydrogen-bond acceptors (Lipinski definition) is 2. The Balaban J connectivity index is 1.62. The highest BCUT2D eigenvalue weighted by molar-refractivity contribution is 5.70. The molecule has 0 heterocycles. The SMILES string of the molecule is C=C/C=C(\C(C)CCC(CC)(CC)C1=CC(C)C(CCC2(O)CCCCC2)CC1)C1CC=C(CC(=O)O)CC1. The molecule has 0 bridgehead atoms. The lowest BCUT2D eigenvalue weighted by molar-refractivity contribution is -0.136. The van der Waals surface area contributed by atoms with E-state index in [1.165, 1.54) is 69.8 Å². The summed E-state index contributed by atoms with van der Waals surface area (Å²) < 4.78 is 0. The summed E-state index contributed by atoms with van der Waals surface area (Å²) in [6, 6.07) is 0. The first kappa shape index (κ1) is 31.9. The summed E-state index contributed by atoms with van der Waals surface area (Å²) in [6.45, 7) is 13.6. The molecular weight excluding hydrogens is 480 g/mol. The van der Waals surface area contributed by atoms with Crippen molar-refractivity contribution in [1.29, 1.82) is 0 Å². The van der Waals surface area contributed by atoms with E-state index in [1.54, 1.807) is 5.57 Å². The summed E-state index contributed by atoms with van der Waals surface area (Å²) in [5.74, 6) is 1.59. The summed E-state index contributed by atoms with van der Waals surface area (Å²) >= 11 is 0. The van der Waals surface area contributed by atoms with E-state index >= 15 is 0 Å². The Morgan fingerprint density at radius 1 is 1.18 bits per heavy atom. The number of allylic oxidation sites excluding steroid dienone is 6. The van der Waals surface area contributed by atoms with Crippen LogP contribution in [0.5, 0.6) is 0 Å². The predicted molar refractivity (Wildman–Crippen MR) is 165 cm³/mol. The van der Waals surface area contributed by atoms with Crippen molar-refractivity contribution in [2.24, 2.45) is 29.1 Å². The molecule has 220 valence electrons. The van der Waals surface area contributed by atoms with Crippen LogP contribution in [-0.2, 0) is 4.79 Å². The lowest BCUT2D eigenvalue weighted by atomic mass is 9.64. The van der Waals surface area contributed by atoms with Gasteiger partial charge in [-0.1, -0.05) is 94.6 Å². The van der Waals surface area contributed by atoms with Crippen LogP contribution >= 0.6 is 0 Å². The minimum Gasteiger partial charge on any atom is -0.481 e. The molecule has 0 spiro atoms. The Kier molecular flexibility index (Phi) is 12.2. The van der Waals surface area contributed by atoms with E-state index in [4.69, 9.17) is 5.11 Å². The predicted octanol–water partition coefficient (Wildman–Crippen LogP) is 9.97. The summed E-state index contributed by atoms with van der Waals surface area (Å²) in [7, 11) is 0. The second kappa shape index (κ2) is 14.9. The third-order valence-electron chi connectivity index (χ3n) is 11.1. The van der Waals surface area contributed by atoms with Gasteiger partial charge in [0.05, 0.1) is 12.0 Å². The van der Waals surface area contributed by atoms with Gasteiger partial charge in [0.2, 0.25) is 0 Å². The van der Waals surface area contributed by atoms with Crippen LogP contribution in [-0.4, -0.2) is 21.8 Å². The van der Waals surface area contributed by atoms with Crippen LogP contribution in [0.2, 0.25) is 0 Å². The van der Waals surface area contributed by atoms with Gasteiger partial charge in [-0.05, 0) is 113 Å². The van der Waals surface area contributed by atoms with Crippen molar-refractivity contribution in [2.45, 2.75) is 142 Å². The first-order valence-electron chi connectivity index (χ1n) is 16.3. The van der Waals surface area contributed by atoms with E-state index in [0.717, 1.165) is 44.1 Å². The average Bonchev–Trinajstić information content (AvgIpc) is 2.92. The highest BCUT2D eigenvalue weighted by Crippen LogP contribution is 2.48. The molecule has 3 aliphatic carbocycles. The topological polar surface area (TPSA) is 57.5 Å². The molecule has 0 aromatic rings. The van der Waals surface area contributed by atoms with Gasteiger partial charge in [0.1, 0.15) is 0 Å². The van der Waals surface area contributed by atoms with E-state index < -0.39 is 11.6 Å². The minimum absolute atomic E-state index is 0.188. The van der Waals surface area contributed by atoms with E-state index in [0.29, 0.717) is 23.7 Å². The Morgan fingerprint density at radius 3 is 2.46 bits per heavy atom. The van der Waals surface area contributed by atoms with Gasteiger partial charge in [-0.3, -0.25) is 4.79 Å². The molecule has 0 aromatic carbocycles. The molecular formula is C36H58O3. The fourth-order valence-corrected chi connectivity index (χ4v) is 8.17. The lowest BCUT2D eigenvalue weighted by Crippen LogP contribution is -2.33. The van der Waals surface area contributed by atoms with Crippen molar-refractivity contribution in [3.63, 3.8) is 0 Å². The molecule has 0 aromatic heterocycles. The monoisotopic (exact) mass is 538 g/mol. The fourth-order valence-electron chi connectivity index (χ4n) is 8.17. The molecule has 4 atom stereocenters. The molecule has 0 amide bonds. The van der Waals surface area contributed by atoms with Gasteiger partial charge in [0.15, 0.2) is 0 Å². The van der Waals surface area contributed by atoms with Crippen LogP contribution in [0, 0.1) is 29.1 Å². The highest BCUT2D eigenvalue weighted by atomic mass is 16.4. The molecule has 3 nitrogen and oxygen atoms in total. The molecule has 3 aliphatic rings. The first-order valence-corrected chi connectivity index (χ1v) is 16.3.